The molecule has 0 aliphatic rings. The molecule has 0 spiro atoms. The standard InChI is InChI=1S/C12H19N7O/c1-7(2)10-9(13)11(19-18-10)12(20)14-5-3-4-8-15-6-16-17-8/h6-7H,3-5,13H2,1-2H3,(H,14,20)(H,18,19)(H,15,16,17). The third kappa shape index (κ3) is 3.14. The van der Waals surface area contributed by atoms with Crippen LogP contribution in [0.3, 0.4) is 0 Å². The van der Waals surface area contributed by atoms with Crippen LogP contribution in [0.25, 0.3) is 0 Å². The van der Waals surface area contributed by atoms with Crippen molar-refractivity contribution in [2.24, 2.45) is 0 Å². The second-order valence-corrected chi connectivity index (χ2v) is 4.85. The van der Waals surface area contributed by atoms with Crippen LogP contribution in [0.1, 0.15) is 48.2 Å². The number of nitrogens with two attached hydrogens (primary N) is 1. The molecule has 1 amide bonds. The number of aromatic amines is 2. The first-order chi connectivity index (χ1) is 9.59. The summed E-state index contributed by atoms with van der Waals surface area (Å²) in [6, 6.07) is 0. The van der Waals surface area contributed by atoms with Gasteiger partial charge in [0, 0.05) is 13.0 Å². The van der Waals surface area contributed by atoms with Crippen molar-refractivity contribution in [3.05, 3.63) is 23.5 Å². The number of carbonyl (C=O) groups excluding carboxylic acids is 1. The third-order valence-electron chi connectivity index (χ3n) is 2.97. The molecule has 0 aliphatic carbocycles. The van der Waals surface area contributed by atoms with Gasteiger partial charge in [-0.15, -0.1) is 0 Å². The highest BCUT2D eigenvalue weighted by atomic mass is 16.1. The Hall–Kier alpha value is -2.38. The molecule has 0 unspecified atom stereocenters. The maximum absolute atomic E-state index is 12.0. The van der Waals surface area contributed by atoms with E-state index in [-0.39, 0.29) is 17.5 Å². The number of rotatable bonds is 6. The van der Waals surface area contributed by atoms with E-state index in [9.17, 15) is 4.79 Å². The molecule has 0 atom stereocenters. The van der Waals surface area contributed by atoms with Crippen LogP contribution >= 0.6 is 0 Å². The zero-order chi connectivity index (χ0) is 14.5. The van der Waals surface area contributed by atoms with Crippen LogP contribution < -0.4 is 11.1 Å². The Morgan fingerprint density at radius 1 is 1.45 bits per heavy atom. The summed E-state index contributed by atoms with van der Waals surface area (Å²) in [5, 5.41) is 16.1. The Kier molecular flexibility index (Phi) is 4.34. The van der Waals surface area contributed by atoms with Gasteiger partial charge >= 0.3 is 0 Å². The molecule has 2 aromatic heterocycles. The molecule has 0 fully saturated rings. The fraction of sp³-hybridized carbons (Fsp3) is 0.500. The van der Waals surface area contributed by atoms with Crippen molar-refractivity contribution in [2.45, 2.75) is 32.6 Å². The predicted molar refractivity (Wildman–Crippen MR) is 74.1 cm³/mol. The van der Waals surface area contributed by atoms with Crippen LogP contribution in [0.5, 0.6) is 0 Å². The summed E-state index contributed by atoms with van der Waals surface area (Å²) in [6.07, 6.45) is 2.96. The molecule has 0 aliphatic heterocycles. The number of anilines is 1. The molecule has 2 heterocycles. The number of nitrogen functional groups attached to an aromatic ring is 1. The zero-order valence-corrected chi connectivity index (χ0v) is 11.6. The molecule has 2 rings (SSSR count). The number of hydrogen-bond donors (Lipinski definition) is 4. The largest absolute Gasteiger partial charge is 0.395 e. The fourth-order valence-electron chi connectivity index (χ4n) is 1.87. The van der Waals surface area contributed by atoms with E-state index in [2.05, 4.69) is 30.7 Å². The Bertz CT molecular complexity index is 558. The van der Waals surface area contributed by atoms with E-state index < -0.39 is 0 Å². The Morgan fingerprint density at radius 2 is 2.25 bits per heavy atom. The number of nitrogens with zero attached hydrogens (tertiary/aromatic N) is 3. The summed E-state index contributed by atoms with van der Waals surface area (Å²) >= 11 is 0. The van der Waals surface area contributed by atoms with Crippen LogP contribution in [0.15, 0.2) is 6.33 Å². The first-order valence-corrected chi connectivity index (χ1v) is 6.55. The van der Waals surface area contributed by atoms with Crippen molar-refractivity contribution >= 4 is 11.6 Å². The molecular formula is C12H19N7O. The summed E-state index contributed by atoms with van der Waals surface area (Å²) in [7, 11) is 0. The molecule has 0 aromatic carbocycles. The summed E-state index contributed by atoms with van der Waals surface area (Å²) in [6.45, 7) is 4.51. The SMILES string of the molecule is CC(C)c1[nH]nc(C(=O)NCCCc2ncn[nH]2)c1N. The molecule has 8 heteroatoms. The van der Waals surface area contributed by atoms with Crippen LogP contribution in [0.2, 0.25) is 0 Å². The van der Waals surface area contributed by atoms with Gasteiger partial charge in [-0.25, -0.2) is 4.98 Å². The van der Waals surface area contributed by atoms with Gasteiger partial charge in [-0.1, -0.05) is 13.8 Å². The number of carbonyl (C=O) groups is 1. The van der Waals surface area contributed by atoms with Crippen molar-refractivity contribution in [2.75, 3.05) is 12.3 Å². The van der Waals surface area contributed by atoms with E-state index >= 15 is 0 Å². The molecule has 0 bridgehead atoms. The molecular weight excluding hydrogens is 258 g/mol. The molecule has 20 heavy (non-hydrogen) atoms. The van der Waals surface area contributed by atoms with Crippen molar-refractivity contribution in [3.8, 4) is 0 Å². The van der Waals surface area contributed by atoms with Crippen molar-refractivity contribution in [1.29, 1.82) is 0 Å². The highest BCUT2D eigenvalue weighted by molar-refractivity contribution is 5.97. The zero-order valence-electron chi connectivity index (χ0n) is 11.6. The lowest BCUT2D eigenvalue weighted by molar-refractivity contribution is 0.0949. The topological polar surface area (TPSA) is 125 Å². The summed E-state index contributed by atoms with van der Waals surface area (Å²) in [5.74, 6) is 0.749. The van der Waals surface area contributed by atoms with Crippen molar-refractivity contribution in [3.63, 3.8) is 0 Å². The number of amides is 1. The Labute approximate surface area is 116 Å². The van der Waals surface area contributed by atoms with Gasteiger partial charge in [-0.3, -0.25) is 15.0 Å². The van der Waals surface area contributed by atoms with E-state index in [1.54, 1.807) is 0 Å². The second-order valence-electron chi connectivity index (χ2n) is 4.85. The minimum atomic E-state index is -0.261. The van der Waals surface area contributed by atoms with Crippen LogP contribution in [-0.4, -0.2) is 37.8 Å². The summed E-state index contributed by atoms with van der Waals surface area (Å²) < 4.78 is 0. The molecule has 108 valence electrons. The number of aromatic nitrogens is 5. The van der Waals surface area contributed by atoms with Gasteiger partial charge in [0.1, 0.15) is 12.2 Å². The van der Waals surface area contributed by atoms with Crippen molar-refractivity contribution in [1.82, 2.24) is 30.7 Å². The molecule has 0 saturated carbocycles. The number of hydrogen-bond acceptors (Lipinski definition) is 5. The highest BCUT2D eigenvalue weighted by Gasteiger charge is 2.18. The minimum Gasteiger partial charge on any atom is -0.395 e. The average molecular weight is 277 g/mol. The van der Waals surface area contributed by atoms with E-state index in [0.29, 0.717) is 12.2 Å². The maximum Gasteiger partial charge on any atom is 0.273 e. The lowest BCUT2D eigenvalue weighted by Crippen LogP contribution is -2.26. The molecule has 2 aromatic rings. The monoisotopic (exact) mass is 277 g/mol. The first kappa shape index (κ1) is 14.0. The molecule has 5 N–H and O–H groups in total. The predicted octanol–water partition coefficient (Wildman–Crippen LogP) is 0.596. The van der Waals surface area contributed by atoms with Gasteiger partial charge < -0.3 is 11.1 Å². The van der Waals surface area contributed by atoms with Crippen LogP contribution in [0.4, 0.5) is 5.69 Å². The van der Waals surface area contributed by atoms with Crippen molar-refractivity contribution < 1.29 is 4.79 Å². The van der Waals surface area contributed by atoms with E-state index in [1.165, 1.54) is 6.33 Å². The minimum absolute atomic E-state index is 0.204. The van der Waals surface area contributed by atoms with Gasteiger partial charge in [0.2, 0.25) is 0 Å². The van der Waals surface area contributed by atoms with Gasteiger partial charge in [0.25, 0.3) is 5.91 Å². The fourth-order valence-corrected chi connectivity index (χ4v) is 1.87. The van der Waals surface area contributed by atoms with Gasteiger partial charge in [0.15, 0.2) is 5.69 Å². The normalized spacial score (nSPS) is 10.9. The lowest BCUT2D eigenvalue weighted by Gasteiger charge is -2.04. The highest BCUT2D eigenvalue weighted by Crippen LogP contribution is 2.21. The van der Waals surface area contributed by atoms with E-state index in [1.807, 2.05) is 13.8 Å². The quantitative estimate of drug-likeness (QED) is 0.575. The van der Waals surface area contributed by atoms with Gasteiger partial charge in [-0.05, 0) is 12.3 Å². The lowest BCUT2D eigenvalue weighted by atomic mass is 10.1. The van der Waals surface area contributed by atoms with E-state index in [4.69, 9.17) is 5.73 Å². The number of nitrogens with one attached hydrogen (secondary N) is 3. The first-order valence-electron chi connectivity index (χ1n) is 6.55. The summed E-state index contributed by atoms with van der Waals surface area (Å²) in [4.78, 5) is 16.0. The number of H-pyrrole nitrogens is 2. The molecule has 0 saturated heterocycles. The third-order valence-corrected chi connectivity index (χ3v) is 2.97. The second kappa shape index (κ2) is 6.18. The smallest absolute Gasteiger partial charge is 0.273 e. The number of aryl methyl sites for hydroxylation is 1. The van der Waals surface area contributed by atoms with Gasteiger partial charge in [0.05, 0.1) is 11.4 Å². The van der Waals surface area contributed by atoms with E-state index in [0.717, 1.165) is 24.4 Å². The Balaban J connectivity index is 1.83. The Morgan fingerprint density at radius 3 is 2.85 bits per heavy atom. The molecule has 8 nitrogen and oxygen atoms in total. The molecule has 0 radical (unpaired) electrons. The maximum atomic E-state index is 12.0. The summed E-state index contributed by atoms with van der Waals surface area (Å²) in [5.41, 5.74) is 7.38. The van der Waals surface area contributed by atoms with Gasteiger partial charge in [-0.2, -0.15) is 10.2 Å². The van der Waals surface area contributed by atoms with Crippen LogP contribution in [-0.2, 0) is 6.42 Å². The van der Waals surface area contributed by atoms with Crippen LogP contribution in [0, 0.1) is 0 Å². The average Bonchev–Trinajstić information content (AvgIpc) is 3.03.